The van der Waals surface area contributed by atoms with Crippen LogP contribution in [0.1, 0.15) is 19.4 Å². The van der Waals surface area contributed by atoms with Gasteiger partial charge in [-0.25, -0.2) is 4.39 Å². The smallest absolute Gasteiger partial charge is 0.126 e. The van der Waals surface area contributed by atoms with Gasteiger partial charge in [-0.3, -0.25) is 0 Å². The quantitative estimate of drug-likeness (QED) is 0.895. The summed E-state index contributed by atoms with van der Waals surface area (Å²) in [5.74, 6) is 0.691. The number of benzene rings is 1. The van der Waals surface area contributed by atoms with Crippen LogP contribution in [-0.2, 0) is 6.42 Å². The van der Waals surface area contributed by atoms with Crippen molar-refractivity contribution in [2.75, 3.05) is 6.54 Å². The highest BCUT2D eigenvalue weighted by molar-refractivity contribution is 9.10. The van der Waals surface area contributed by atoms with Crippen molar-refractivity contribution in [3.63, 3.8) is 0 Å². The van der Waals surface area contributed by atoms with Gasteiger partial charge < -0.3 is 5.73 Å². The Labute approximate surface area is 99.0 Å². The van der Waals surface area contributed by atoms with Crippen molar-refractivity contribution in [3.8, 4) is 0 Å². The zero-order chi connectivity index (χ0) is 11.4. The van der Waals surface area contributed by atoms with E-state index in [1.165, 1.54) is 6.07 Å². The highest BCUT2D eigenvalue weighted by Crippen LogP contribution is 2.21. The molecule has 84 valence electrons. The molecule has 0 aliphatic heterocycles. The van der Waals surface area contributed by atoms with E-state index in [0.29, 0.717) is 18.4 Å². The number of nitrogens with two attached hydrogens (primary N) is 1. The van der Waals surface area contributed by atoms with Gasteiger partial charge in [0.05, 0.1) is 0 Å². The molecular formula is C12H17BrFN. The Morgan fingerprint density at radius 3 is 2.60 bits per heavy atom. The van der Waals surface area contributed by atoms with E-state index in [2.05, 4.69) is 29.8 Å². The molecule has 2 N–H and O–H groups in total. The summed E-state index contributed by atoms with van der Waals surface area (Å²) in [5, 5.41) is 0. The summed E-state index contributed by atoms with van der Waals surface area (Å²) in [6.07, 6.45) is 0.740. The first-order valence-corrected chi connectivity index (χ1v) is 5.98. The van der Waals surface area contributed by atoms with Crippen LogP contribution in [0.3, 0.4) is 0 Å². The molecule has 0 heterocycles. The van der Waals surface area contributed by atoms with Crippen LogP contribution in [0, 0.1) is 17.7 Å². The lowest BCUT2D eigenvalue weighted by Gasteiger charge is -2.18. The van der Waals surface area contributed by atoms with Gasteiger partial charge in [-0.2, -0.15) is 0 Å². The lowest BCUT2D eigenvalue weighted by Crippen LogP contribution is -2.20. The molecule has 2 atom stereocenters. The lowest BCUT2D eigenvalue weighted by molar-refractivity contribution is 0.389. The van der Waals surface area contributed by atoms with Crippen molar-refractivity contribution in [2.24, 2.45) is 17.6 Å². The van der Waals surface area contributed by atoms with Crippen molar-refractivity contribution in [1.29, 1.82) is 0 Å². The Hall–Kier alpha value is -0.410. The van der Waals surface area contributed by atoms with Crippen LogP contribution in [-0.4, -0.2) is 6.54 Å². The fourth-order valence-corrected chi connectivity index (χ4v) is 1.89. The topological polar surface area (TPSA) is 26.0 Å². The van der Waals surface area contributed by atoms with E-state index in [0.717, 1.165) is 16.5 Å². The average Bonchev–Trinajstić information content (AvgIpc) is 2.22. The van der Waals surface area contributed by atoms with Crippen LogP contribution < -0.4 is 5.73 Å². The summed E-state index contributed by atoms with van der Waals surface area (Å²) in [4.78, 5) is 0. The fourth-order valence-electron chi connectivity index (χ4n) is 1.48. The molecule has 0 radical (unpaired) electrons. The van der Waals surface area contributed by atoms with Crippen LogP contribution in [0.4, 0.5) is 4.39 Å². The van der Waals surface area contributed by atoms with Crippen molar-refractivity contribution in [2.45, 2.75) is 20.3 Å². The maximum absolute atomic E-state index is 13.4. The van der Waals surface area contributed by atoms with Gasteiger partial charge in [-0.1, -0.05) is 29.8 Å². The van der Waals surface area contributed by atoms with Gasteiger partial charge in [0, 0.05) is 4.47 Å². The Balaban J connectivity index is 2.75. The van der Waals surface area contributed by atoms with Gasteiger partial charge in [-0.15, -0.1) is 0 Å². The van der Waals surface area contributed by atoms with E-state index in [9.17, 15) is 4.39 Å². The first-order valence-electron chi connectivity index (χ1n) is 5.18. The third-order valence-corrected chi connectivity index (χ3v) is 3.39. The molecule has 0 aliphatic rings. The van der Waals surface area contributed by atoms with Crippen molar-refractivity contribution in [1.82, 2.24) is 0 Å². The highest BCUT2D eigenvalue weighted by Gasteiger charge is 2.13. The van der Waals surface area contributed by atoms with Gasteiger partial charge >= 0.3 is 0 Å². The molecule has 1 rings (SSSR count). The third-order valence-electron chi connectivity index (χ3n) is 2.89. The first kappa shape index (κ1) is 12.7. The minimum absolute atomic E-state index is 0.130. The molecular weight excluding hydrogens is 257 g/mol. The lowest BCUT2D eigenvalue weighted by atomic mass is 9.89. The minimum atomic E-state index is -0.130. The molecule has 1 nitrogen and oxygen atoms in total. The number of halogens is 2. The van der Waals surface area contributed by atoms with Crippen LogP contribution in [0.2, 0.25) is 0 Å². The predicted octanol–water partition coefficient (Wildman–Crippen LogP) is 3.36. The van der Waals surface area contributed by atoms with Crippen molar-refractivity contribution >= 4 is 15.9 Å². The number of hydrogen-bond acceptors (Lipinski definition) is 1. The van der Waals surface area contributed by atoms with Crippen LogP contribution in [0.25, 0.3) is 0 Å². The first-order chi connectivity index (χ1) is 7.04. The molecule has 2 unspecified atom stereocenters. The standard InChI is InChI=1S/C12H17BrFN/c1-8(9(2)7-15)5-10-6-11(13)3-4-12(10)14/h3-4,6,8-9H,5,7,15H2,1-2H3. The monoisotopic (exact) mass is 273 g/mol. The molecule has 0 saturated carbocycles. The molecule has 0 aliphatic carbocycles. The van der Waals surface area contributed by atoms with Gasteiger partial charge in [0.1, 0.15) is 5.82 Å². The van der Waals surface area contributed by atoms with Crippen molar-refractivity contribution < 1.29 is 4.39 Å². The highest BCUT2D eigenvalue weighted by atomic mass is 79.9. The second kappa shape index (κ2) is 5.61. The average molecular weight is 274 g/mol. The largest absolute Gasteiger partial charge is 0.330 e. The molecule has 0 amide bonds. The van der Waals surface area contributed by atoms with E-state index >= 15 is 0 Å². The zero-order valence-corrected chi connectivity index (χ0v) is 10.7. The van der Waals surface area contributed by atoms with Crippen LogP contribution >= 0.6 is 15.9 Å². The molecule has 0 bridgehead atoms. The fraction of sp³-hybridized carbons (Fsp3) is 0.500. The SMILES string of the molecule is CC(CN)C(C)Cc1cc(Br)ccc1F. The molecule has 15 heavy (non-hydrogen) atoms. The van der Waals surface area contributed by atoms with Gasteiger partial charge in [0.2, 0.25) is 0 Å². The Morgan fingerprint density at radius 1 is 1.33 bits per heavy atom. The maximum atomic E-state index is 13.4. The summed E-state index contributed by atoms with van der Waals surface area (Å²) in [5.41, 5.74) is 6.35. The molecule has 0 aromatic heterocycles. The van der Waals surface area contributed by atoms with Gasteiger partial charge in [-0.05, 0) is 48.6 Å². The predicted molar refractivity (Wildman–Crippen MR) is 65.2 cm³/mol. The Morgan fingerprint density at radius 2 is 2.00 bits per heavy atom. The summed E-state index contributed by atoms with van der Waals surface area (Å²) in [6, 6.07) is 5.06. The molecule has 1 aromatic carbocycles. The summed E-state index contributed by atoms with van der Waals surface area (Å²) < 4.78 is 14.4. The second-order valence-electron chi connectivity index (χ2n) is 4.13. The molecule has 1 aromatic rings. The Kier molecular flexibility index (Phi) is 4.74. The summed E-state index contributed by atoms with van der Waals surface area (Å²) in [6.45, 7) is 4.86. The second-order valence-corrected chi connectivity index (χ2v) is 5.05. The van der Waals surface area contributed by atoms with E-state index in [-0.39, 0.29) is 5.82 Å². The molecule has 0 fully saturated rings. The number of rotatable bonds is 4. The van der Waals surface area contributed by atoms with E-state index in [4.69, 9.17) is 5.73 Å². The van der Waals surface area contributed by atoms with Crippen LogP contribution in [0.5, 0.6) is 0 Å². The third kappa shape index (κ3) is 3.58. The van der Waals surface area contributed by atoms with Gasteiger partial charge in [0.15, 0.2) is 0 Å². The summed E-state index contributed by atoms with van der Waals surface area (Å²) >= 11 is 3.35. The minimum Gasteiger partial charge on any atom is -0.330 e. The van der Waals surface area contributed by atoms with Crippen molar-refractivity contribution in [3.05, 3.63) is 34.1 Å². The molecule has 0 saturated heterocycles. The summed E-state index contributed by atoms with van der Waals surface area (Å²) in [7, 11) is 0. The molecule has 0 spiro atoms. The van der Waals surface area contributed by atoms with Gasteiger partial charge in [0.25, 0.3) is 0 Å². The van der Waals surface area contributed by atoms with E-state index in [1.807, 2.05) is 6.07 Å². The maximum Gasteiger partial charge on any atom is 0.126 e. The zero-order valence-electron chi connectivity index (χ0n) is 9.13. The number of hydrogen-bond donors (Lipinski definition) is 1. The van der Waals surface area contributed by atoms with Crippen LogP contribution in [0.15, 0.2) is 22.7 Å². The normalized spacial score (nSPS) is 15.0. The van der Waals surface area contributed by atoms with E-state index < -0.39 is 0 Å². The molecule has 3 heteroatoms. The van der Waals surface area contributed by atoms with E-state index in [1.54, 1.807) is 6.07 Å². The Bertz CT molecular complexity index is 327.